The molecule has 0 bridgehead atoms. The maximum atomic E-state index is 5.38. The van der Waals surface area contributed by atoms with Gasteiger partial charge in [-0.05, 0) is 25.8 Å². The summed E-state index contributed by atoms with van der Waals surface area (Å²) in [6.45, 7) is 5.21. The molecule has 0 fully saturated rings. The van der Waals surface area contributed by atoms with Crippen LogP contribution in [0.15, 0.2) is 11.6 Å². The smallest absolute Gasteiger partial charge is 0.00425 e. The van der Waals surface area contributed by atoms with Crippen molar-refractivity contribution in [3.05, 3.63) is 11.6 Å². The average molecular weight is 141 g/mol. The molecule has 60 valence electrons. The summed E-state index contributed by atoms with van der Waals surface area (Å²) in [4.78, 5) is 0. The topological polar surface area (TPSA) is 26.0 Å². The van der Waals surface area contributed by atoms with Crippen LogP contribution in [-0.2, 0) is 0 Å². The molecule has 0 rings (SSSR count). The summed E-state index contributed by atoms with van der Waals surface area (Å²) in [5, 5.41) is 0. The van der Waals surface area contributed by atoms with Crippen molar-refractivity contribution >= 4 is 0 Å². The highest BCUT2D eigenvalue weighted by atomic mass is 14.5. The standard InChI is InChI=1S/C9H19N/c1-3-6-9(4-2)7-5-8-10/h7H,3-6,8,10H2,1-2H3. The highest BCUT2D eigenvalue weighted by Gasteiger charge is 1.89. The van der Waals surface area contributed by atoms with Gasteiger partial charge in [0.25, 0.3) is 0 Å². The van der Waals surface area contributed by atoms with Gasteiger partial charge in [0.05, 0.1) is 0 Å². The second kappa shape index (κ2) is 6.81. The first-order valence-electron chi connectivity index (χ1n) is 4.23. The Kier molecular flexibility index (Phi) is 6.61. The van der Waals surface area contributed by atoms with Crippen LogP contribution < -0.4 is 5.73 Å². The molecular weight excluding hydrogens is 122 g/mol. The molecule has 0 radical (unpaired) electrons. The van der Waals surface area contributed by atoms with Crippen LogP contribution in [0.25, 0.3) is 0 Å². The molecule has 0 aromatic carbocycles. The number of nitrogens with two attached hydrogens (primary N) is 1. The van der Waals surface area contributed by atoms with E-state index in [0.717, 1.165) is 13.0 Å². The Morgan fingerprint density at radius 3 is 2.50 bits per heavy atom. The van der Waals surface area contributed by atoms with Crippen LogP contribution >= 0.6 is 0 Å². The van der Waals surface area contributed by atoms with Crippen molar-refractivity contribution in [1.29, 1.82) is 0 Å². The van der Waals surface area contributed by atoms with E-state index in [0.29, 0.717) is 0 Å². The van der Waals surface area contributed by atoms with E-state index in [1.807, 2.05) is 0 Å². The Bertz CT molecular complexity index is 94.9. The number of rotatable bonds is 5. The molecule has 0 aromatic heterocycles. The summed E-state index contributed by atoms with van der Waals surface area (Å²) in [6, 6.07) is 0. The first-order valence-corrected chi connectivity index (χ1v) is 4.23. The predicted molar refractivity (Wildman–Crippen MR) is 47.0 cm³/mol. The zero-order chi connectivity index (χ0) is 7.82. The minimum atomic E-state index is 0.785. The normalized spacial score (nSPS) is 12.1. The Balaban J connectivity index is 3.55. The van der Waals surface area contributed by atoms with Crippen LogP contribution in [0.5, 0.6) is 0 Å². The lowest BCUT2D eigenvalue weighted by Gasteiger charge is -2.00. The van der Waals surface area contributed by atoms with E-state index in [4.69, 9.17) is 5.73 Å². The molecule has 0 spiro atoms. The second-order valence-corrected chi connectivity index (χ2v) is 2.54. The molecule has 0 aliphatic rings. The molecule has 1 nitrogen and oxygen atoms in total. The summed E-state index contributed by atoms with van der Waals surface area (Å²) >= 11 is 0. The molecule has 0 aromatic rings. The number of hydrogen-bond acceptors (Lipinski definition) is 1. The van der Waals surface area contributed by atoms with Crippen molar-refractivity contribution in [2.24, 2.45) is 5.73 Å². The van der Waals surface area contributed by atoms with Crippen LogP contribution in [0.2, 0.25) is 0 Å². The minimum absolute atomic E-state index is 0.785. The van der Waals surface area contributed by atoms with Crippen molar-refractivity contribution in [3.63, 3.8) is 0 Å². The third-order valence-electron chi connectivity index (χ3n) is 1.62. The summed E-state index contributed by atoms with van der Waals surface area (Å²) in [6.07, 6.45) is 7.02. The van der Waals surface area contributed by atoms with E-state index in [1.165, 1.54) is 19.3 Å². The molecule has 0 heterocycles. The molecule has 10 heavy (non-hydrogen) atoms. The maximum absolute atomic E-state index is 5.38. The Hall–Kier alpha value is -0.300. The van der Waals surface area contributed by atoms with Crippen LogP contribution in [0.3, 0.4) is 0 Å². The van der Waals surface area contributed by atoms with Gasteiger partial charge in [-0.25, -0.2) is 0 Å². The highest BCUT2D eigenvalue weighted by Crippen LogP contribution is 2.08. The van der Waals surface area contributed by atoms with Crippen LogP contribution in [0, 0.1) is 0 Å². The number of allylic oxidation sites excluding steroid dienone is 1. The van der Waals surface area contributed by atoms with Gasteiger partial charge in [0.1, 0.15) is 0 Å². The summed E-state index contributed by atoms with van der Waals surface area (Å²) in [7, 11) is 0. The molecule has 0 saturated carbocycles. The van der Waals surface area contributed by atoms with Crippen molar-refractivity contribution in [2.45, 2.75) is 39.5 Å². The first-order chi connectivity index (χ1) is 4.85. The van der Waals surface area contributed by atoms with Crippen LogP contribution in [0.1, 0.15) is 39.5 Å². The predicted octanol–water partition coefficient (Wildman–Crippen LogP) is 2.47. The van der Waals surface area contributed by atoms with E-state index in [-0.39, 0.29) is 0 Å². The Morgan fingerprint density at radius 1 is 1.40 bits per heavy atom. The molecule has 0 unspecified atom stereocenters. The van der Waals surface area contributed by atoms with Crippen LogP contribution in [0.4, 0.5) is 0 Å². The molecule has 0 atom stereocenters. The van der Waals surface area contributed by atoms with Gasteiger partial charge in [0.2, 0.25) is 0 Å². The fraction of sp³-hybridized carbons (Fsp3) is 0.778. The van der Waals surface area contributed by atoms with E-state index >= 15 is 0 Å². The molecule has 0 aliphatic carbocycles. The van der Waals surface area contributed by atoms with Gasteiger partial charge in [-0.1, -0.05) is 31.9 Å². The van der Waals surface area contributed by atoms with E-state index in [9.17, 15) is 0 Å². The fourth-order valence-electron chi connectivity index (χ4n) is 1.03. The lowest BCUT2D eigenvalue weighted by molar-refractivity contribution is 0.842. The van der Waals surface area contributed by atoms with E-state index in [1.54, 1.807) is 5.57 Å². The minimum Gasteiger partial charge on any atom is -0.330 e. The summed E-state index contributed by atoms with van der Waals surface area (Å²) in [5.74, 6) is 0. The van der Waals surface area contributed by atoms with Gasteiger partial charge in [-0.3, -0.25) is 0 Å². The zero-order valence-corrected chi connectivity index (χ0v) is 7.19. The van der Waals surface area contributed by atoms with E-state index in [2.05, 4.69) is 19.9 Å². The molecule has 0 aliphatic heterocycles. The lowest BCUT2D eigenvalue weighted by atomic mass is 10.1. The summed E-state index contributed by atoms with van der Waals surface area (Å²) < 4.78 is 0. The average Bonchev–Trinajstić information content (AvgIpc) is 1.98. The maximum Gasteiger partial charge on any atom is -0.00425 e. The fourth-order valence-corrected chi connectivity index (χ4v) is 1.03. The quantitative estimate of drug-likeness (QED) is 0.585. The van der Waals surface area contributed by atoms with Gasteiger partial charge in [0.15, 0.2) is 0 Å². The largest absolute Gasteiger partial charge is 0.330 e. The molecule has 2 N–H and O–H groups in total. The van der Waals surface area contributed by atoms with Crippen molar-refractivity contribution < 1.29 is 0 Å². The number of hydrogen-bond donors (Lipinski definition) is 1. The molecule has 0 saturated heterocycles. The first kappa shape index (κ1) is 9.70. The van der Waals surface area contributed by atoms with Crippen molar-refractivity contribution in [2.75, 3.05) is 6.54 Å². The van der Waals surface area contributed by atoms with Gasteiger partial charge >= 0.3 is 0 Å². The third kappa shape index (κ3) is 4.57. The Labute approximate surface area is 64.3 Å². The highest BCUT2D eigenvalue weighted by molar-refractivity contribution is 5.00. The zero-order valence-electron chi connectivity index (χ0n) is 7.19. The van der Waals surface area contributed by atoms with Gasteiger partial charge in [0, 0.05) is 0 Å². The second-order valence-electron chi connectivity index (χ2n) is 2.54. The third-order valence-corrected chi connectivity index (χ3v) is 1.62. The van der Waals surface area contributed by atoms with Crippen molar-refractivity contribution in [1.82, 2.24) is 0 Å². The van der Waals surface area contributed by atoms with Crippen molar-refractivity contribution in [3.8, 4) is 0 Å². The van der Waals surface area contributed by atoms with Crippen LogP contribution in [-0.4, -0.2) is 6.54 Å². The van der Waals surface area contributed by atoms with Gasteiger partial charge < -0.3 is 5.73 Å². The summed E-state index contributed by atoms with van der Waals surface area (Å²) in [5.41, 5.74) is 6.95. The monoisotopic (exact) mass is 141 g/mol. The molecule has 0 amide bonds. The van der Waals surface area contributed by atoms with Gasteiger partial charge in [-0.15, -0.1) is 0 Å². The molecule has 1 heteroatoms. The van der Waals surface area contributed by atoms with Gasteiger partial charge in [-0.2, -0.15) is 0 Å². The lowest BCUT2D eigenvalue weighted by Crippen LogP contribution is -1.96. The molecular formula is C9H19N. The van der Waals surface area contributed by atoms with E-state index < -0.39 is 0 Å². The Morgan fingerprint density at radius 2 is 2.10 bits per heavy atom. The SMILES string of the molecule is CCCC(=CCCN)CC.